The first-order valence-corrected chi connectivity index (χ1v) is 8.95. The summed E-state index contributed by atoms with van der Waals surface area (Å²) in [6.45, 7) is 7.51. The Balaban J connectivity index is 1.85. The van der Waals surface area contributed by atoms with E-state index in [0.29, 0.717) is 5.92 Å². The lowest BCUT2D eigenvalue weighted by Gasteiger charge is -2.14. The minimum absolute atomic E-state index is 0.634. The van der Waals surface area contributed by atoms with E-state index in [-0.39, 0.29) is 0 Å². The molecule has 0 bridgehead atoms. The molecule has 0 heterocycles. The van der Waals surface area contributed by atoms with Crippen LogP contribution < -0.4 is 5.73 Å². The summed E-state index contributed by atoms with van der Waals surface area (Å²) >= 11 is 0. The van der Waals surface area contributed by atoms with Gasteiger partial charge in [-0.25, -0.2) is 0 Å². The Morgan fingerprint density at radius 1 is 0.870 bits per heavy atom. The minimum Gasteiger partial charge on any atom is -0.330 e. The maximum absolute atomic E-state index is 5.60. The van der Waals surface area contributed by atoms with E-state index in [1.165, 1.54) is 47.1 Å². The predicted molar refractivity (Wildman–Crippen MR) is 101 cm³/mol. The van der Waals surface area contributed by atoms with Crippen LogP contribution in [0.15, 0.2) is 42.5 Å². The van der Waals surface area contributed by atoms with Crippen LogP contribution in [0.3, 0.4) is 0 Å². The monoisotopic (exact) mass is 309 g/mol. The summed E-state index contributed by atoms with van der Waals surface area (Å²) in [4.78, 5) is 0. The SMILES string of the molecule is Cc1ccc(C(C)CCCc2cccc(CCCN)c2)cc1C. The maximum atomic E-state index is 5.60. The van der Waals surface area contributed by atoms with Crippen LogP contribution in [0, 0.1) is 13.8 Å². The van der Waals surface area contributed by atoms with E-state index in [0.717, 1.165) is 19.4 Å². The highest BCUT2D eigenvalue weighted by Crippen LogP contribution is 2.24. The van der Waals surface area contributed by atoms with Crippen LogP contribution in [0.25, 0.3) is 0 Å². The molecule has 1 nitrogen and oxygen atoms in total. The summed E-state index contributed by atoms with van der Waals surface area (Å²) in [7, 11) is 0. The van der Waals surface area contributed by atoms with Crippen molar-refractivity contribution in [2.24, 2.45) is 5.73 Å². The van der Waals surface area contributed by atoms with Crippen molar-refractivity contribution in [3.8, 4) is 0 Å². The Morgan fingerprint density at radius 2 is 1.57 bits per heavy atom. The molecule has 2 aromatic rings. The molecule has 0 spiro atoms. The van der Waals surface area contributed by atoms with E-state index in [9.17, 15) is 0 Å². The van der Waals surface area contributed by atoms with Crippen LogP contribution in [0.2, 0.25) is 0 Å². The number of aryl methyl sites for hydroxylation is 4. The van der Waals surface area contributed by atoms with Gasteiger partial charge in [-0.3, -0.25) is 0 Å². The first-order valence-electron chi connectivity index (χ1n) is 8.95. The number of hydrogen-bond acceptors (Lipinski definition) is 1. The van der Waals surface area contributed by atoms with Gasteiger partial charge >= 0.3 is 0 Å². The fourth-order valence-electron chi connectivity index (χ4n) is 3.10. The van der Waals surface area contributed by atoms with Gasteiger partial charge in [-0.1, -0.05) is 49.4 Å². The van der Waals surface area contributed by atoms with E-state index < -0.39 is 0 Å². The Bertz CT molecular complexity index is 615. The molecule has 0 aliphatic heterocycles. The number of hydrogen-bond donors (Lipinski definition) is 1. The summed E-state index contributed by atoms with van der Waals surface area (Å²) in [6, 6.07) is 15.9. The van der Waals surface area contributed by atoms with Crippen molar-refractivity contribution in [3.63, 3.8) is 0 Å². The van der Waals surface area contributed by atoms with Gasteiger partial charge in [0.15, 0.2) is 0 Å². The van der Waals surface area contributed by atoms with Gasteiger partial charge in [-0.15, -0.1) is 0 Å². The van der Waals surface area contributed by atoms with Crippen LogP contribution in [-0.2, 0) is 12.8 Å². The van der Waals surface area contributed by atoms with Crippen molar-refractivity contribution in [1.29, 1.82) is 0 Å². The highest BCUT2D eigenvalue weighted by atomic mass is 14.5. The van der Waals surface area contributed by atoms with Crippen molar-refractivity contribution in [2.45, 2.75) is 58.8 Å². The molecule has 0 aromatic heterocycles. The smallest absolute Gasteiger partial charge is 0.00741 e. The molecule has 2 rings (SSSR count). The van der Waals surface area contributed by atoms with Crippen LogP contribution in [-0.4, -0.2) is 6.54 Å². The van der Waals surface area contributed by atoms with Crippen molar-refractivity contribution < 1.29 is 0 Å². The van der Waals surface area contributed by atoms with Gasteiger partial charge in [-0.05, 0) is 86.2 Å². The molecule has 0 fully saturated rings. The second-order valence-electron chi connectivity index (χ2n) is 6.85. The second kappa shape index (κ2) is 8.88. The molecule has 1 heteroatoms. The molecule has 0 aliphatic rings. The standard InChI is InChI=1S/C22H31N/c1-17-12-13-22(15-19(17)3)18(2)7-4-8-20-9-5-10-21(16-20)11-6-14-23/h5,9-10,12-13,15-16,18H,4,6-8,11,14,23H2,1-3H3. The van der Waals surface area contributed by atoms with Gasteiger partial charge in [0.25, 0.3) is 0 Å². The third-order valence-corrected chi connectivity index (χ3v) is 4.86. The maximum Gasteiger partial charge on any atom is -0.00741 e. The third-order valence-electron chi connectivity index (χ3n) is 4.86. The molecule has 2 aromatic carbocycles. The molecule has 1 atom stereocenters. The van der Waals surface area contributed by atoms with E-state index in [4.69, 9.17) is 5.73 Å². The lowest BCUT2D eigenvalue weighted by atomic mass is 9.92. The normalized spacial score (nSPS) is 12.3. The molecular formula is C22H31N. The topological polar surface area (TPSA) is 26.0 Å². The molecule has 0 amide bonds. The average Bonchev–Trinajstić information content (AvgIpc) is 2.55. The average molecular weight is 309 g/mol. The molecule has 1 unspecified atom stereocenters. The van der Waals surface area contributed by atoms with Gasteiger partial charge < -0.3 is 5.73 Å². The summed E-state index contributed by atoms with van der Waals surface area (Å²) in [6.07, 6.45) is 5.84. The van der Waals surface area contributed by atoms with E-state index in [1.807, 2.05) is 0 Å². The molecule has 0 saturated carbocycles. The molecule has 0 radical (unpaired) electrons. The number of rotatable bonds is 8. The van der Waals surface area contributed by atoms with Gasteiger partial charge in [0.05, 0.1) is 0 Å². The van der Waals surface area contributed by atoms with Crippen molar-refractivity contribution in [3.05, 3.63) is 70.3 Å². The second-order valence-corrected chi connectivity index (χ2v) is 6.85. The minimum atomic E-state index is 0.634. The highest BCUT2D eigenvalue weighted by molar-refractivity contribution is 5.31. The first-order chi connectivity index (χ1) is 11.1. The summed E-state index contributed by atoms with van der Waals surface area (Å²) in [5, 5.41) is 0. The van der Waals surface area contributed by atoms with Crippen molar-refractivity contribution in [2.75, 3.05) is 6.54 Å². The zero-order valence-corrected chi connectivity index (χ0v) is 14.9. The summed E-state index contributed by atoms with van der Waals surface area (Å²) in [5.41, 5.74) is 12.8. The van der Waals surface area contributed by atoms with Gasteiger partial charge in [0, 0.05) is 0 Å². The predicted octanol–water partition coefficient (Wildman–Crippen LogP) is 5.32. The fraction of sp³-hybridized carbons (Fsp3) is 0.455. The Kier molecular flexibility index (Phi) is 6.85. The molecule has 2 N–H and O–H groups in total. The summed E-state index contributed by atoms with van der Waals surface area (Å²) in [5.74, 6) is 0.634. The quantitative estimate of drug-likeness (QED) is 0.701. The lowest BCUT2D eigenvalue weighted by molar-refractivity contribution is 0.633. The number of nitrogens with two attached hydrogens (primary N) is 1. The number of benzene rings is 2. The van der Waals surface area contributed by atoms with Crippen LogP contribution >= 0.6 is 0 Å². The first kappa shape index (κ1) is 17.7. The highest BCUT2D eigenvalue weighted by Gasteiger charge is 2.07. The van der Waals surface area contributed by atoms with Crippen LogP contribution in [0.1, 0.15) is 59.9 Å². The third kappa shape index (κ3) is 5.51. The molecule has 124 valence electrons. The van der Waals surface area contributed by atoms with Crippen LogP contribution in [0.5, 0.6) is 0 Å². The molecule has 23 heavy (non-hydrogen) atoms. The van der Waals surface area contributed by atoms with E-state index in [2.05, 4.69) is 63.2 Å². The summed E-state index contributed by atoms with van der Waals surface area (Å²) < 4.78 is 0. The van der Waals surface area contributed by atoms with Gasteiger partial charge in [0.2, 0.25) is 0 Å². The zero-order chi connectivity index (χ0) is 16.7. The van der Waals surface area contributed by atoms with Crippen LogP contribution in [0.4, 0.5) is 0 Å². The Hall–Kier alpha value is -1.60. The van der Waals surface area contributed by atoms with E-state index >= 15 is 0 Å². The Morgan fingerprint density at radius 3 is 2.22 bits per heavy atom. The zero-order valence-electron chi connectivity index (χ0n) is 14.9. The Labute approximate surface area is 141 Å². The van der Waals surface area contributed by atoms with Crippen molar-refractivity contribution >= 4 is 0 Å². The van der Waals surface area contributed by atoms with Gasteiger partial charge in [-0.2, -0.15) is 0 Å². The fourth-order valence-corrected chi connectivity index (χ4v) is 3.10. The molecule has 0 saturated heterocycles. The largest absolute Gasteiger partial charge is 0.330 e. The van der Waals surface area contributed by atoms with Crippen molar-refractivity contribution in [1.82, 2.24) is 0 Å². The lowest BCUT2D eigenvalue weighted by Crippen LogP contribution is -2.01. The van der Waals surface area contributed by atoms with Gasteiger partial charge in [0.1, 0.15) is 0 Å². The van der Waals surface area contributed by atoms with E-state index in [1.54, 1.807) is 0 Å². The molecule has 0 aliphatic carbocycles. The molecular weight excluding hydrogens is 278 g/mol.